The fraction of sp³-hybridized carbons (Fsp3) is 0.909. The first-order valence-corrected chi connectivity index (χ1v) is 5.17. The standard InChI is InChI=1S/C8H16NO.C3H7.Y/c1-7(2)8-5-9-3-4-10-6-8;1-3-2;/h7-8H,3-6H2,1-2H3;3H,1-2H3;/q2*-1;/t8-;;/m1../s1. The van der Waals surface area contributed by atoms with Gasteiger partial charge in [0.1, 0.15) is 0 Å². The Morgan fingerprint density at radius 2 is 1.93 bits per heavy atom. The number of rotatable bonds is 1. The fourth-order valence-corrected chi connectivity index (χ4v) is 1.08. The van der Waals surface area contributed by atoms with Crippen molar-refractivity contribution in [3.05, 3.63) is 11.7 Å². The maximum atomic E-state index is 5.37. The maximum Gasteiger partial charge on any atom is 0.0479 e. The largest absolute Gasteiger partial charge is 0.660 e. The van der Waals surface area contributed by atoms with Crippen LogP contribution in [-0.4, -0.2) is 26.3 Å². The second kappa shape index (κ2) is 12.1. The first-order valence-electron chi connectivity index (χ1n) is 5.17. The summed E-state index contributed by atoms with van der Waals surface area (Å²) in [5.74, 6) is 1.37. The minimum absolute atomic E-state index is 0. The second-order valence-electron chi connectivity index (χ2n) is 3.79. The van der Waals surface area contributed by atoms with Crippen molar-refractivity contribution in [1.82, 2.24) is 0 Å². The zero-order valence-electron chi connectivity index (χ0n) is 9.99. The Hall–Kier alpha value is 1.02. The van der Waals surface area contributed by atoms with Gasteiger partial charge in [0.2, 0.25) is 0 Å². The van der Waals surface area contributed by atoms with E-state index in [-0.39, 0.29) is 32.7 Å². The smallest absolute Gasteiger partial charge is 0.0479 e. The van der Waals surface area contributed by atoms with Gasteiger partial charge in [-0.25, -0.2) is 0 Å². The Labute approximate surface area is 114 Å². The number of hydrogen-bond acceptors (Lipinski definition) is 1. The summed E-state index contributed by atoms with van der Waals surface area (Å²) in [6.45, 7) is 12.1. The molecule has 0 saturated carbocycles. The predicted octanol–water partition coefficient (Wildman–Crippen LogP) is 2.89. The molecule has 0 aliphatic carbocycles. The van der Waals surface area contributed by atoms with E-state index >= 15 is 0 Å². The minimum Gasteiger partial charge on any atom is -0.660 e. The van der Waals surface area contributed by atoms with Crippen molar-refractivity contribution in [2.24, 2.45) is 11.8 Å². The van der Waals surface area contributed by atoms with Gasteiger partial charge in [-0.3, -0.25) is 0 Å². The van der Waals surface area contributed by atoms with Gasteiger partial charge in [-0.1, -0.05) is 13.8 Å². The van der Waals surface area contributed by atoms with Crippen LogP contribution in [0.15, 0.2) is 0 Å². The van der Waals surface area contributed by atoms with Crippen LogP contribution in [0.4, 0.5) is 0 Å². The van der Waals surface area contributed by atoms with Crippen LogP contribution < -0.4 is 0 Å². The van der Waals surface area contributed by atoms with Crippen LogP contribution in [0.25, 0.3) is 5.32 Å². The van der Waals surface area contributed by atoms with Gasteiger partial charge in [-0.15, -0.1) is 13.1 Å². The maximum absolute atomic E-state index is 5.37. The van der Waals surface area contributed by atoms with Gasteiger partial charge in [-0.05, 0) is 11.8 Å². The molecule has 0 aromatic heterocycles. The molecule has 1 heterocycles. The summed E-state index contributed by atoms with van der Waals surface area (Å²) in [6.07, 6.45) is 2.00. The van der Waals surface area contributed by atoms with E-state index in [2.05, 4.69) is 19.2 Å². The average Bonchev–Trinajstić information content (AvgIpc) is 2.32. The van der Waals surface area contributed by atoms with Gasteiger partial charge in [0.25, 0.3) is 0 Å². The molecule has 14 heavy (non-hydrogen) atoms. The zero-order valence-corrected chi connectivity index (χ0v) is 12.8. The van der Waals surface area contributed by atoms with Gasteiger partial charge in [0.05, 0.1) is 0 Å². The molecule has 0 aromatic carbocycles. The van der Waals surface area contributed by atoms with Gasteiger partial charge >= 0.3 is 0 Å². The third-order valence-electron chi connectivity index (χ3n) is 2.03. The molecule has 0 bridgehead atoms. The quantitative estimate of drug-likeness (QED) is 0.674. The third kappa shape index (κ3) is 9.57. The predicted molar refractivity (Wildman–Crippen MR) is 57.9 cm³/mol. The molecule has 0 unspecified atom stereocenters. The van der Waals surface area contributed by atoms with E-state index in [1.165, 1.54) is 0 Å². The van der Waals surface area contributed by atoms with Crippen molar-refractivity contribution < 1.29 is 37.4 Å². The van der Waals surface area contributed by atoms with Crippen molar-refractivity contribution >= 4 is 0 Å². The number of nitrogens with zero attached hydrogens (tertiary/aromatic N) is 1. The normalized spacial score (nSPS) is 21.6. The summed E-state index contributed by atoms with van der Waals surface area (Å²) in [5, 5.41) is 4.35. The molecule has 2 nitrogen and oxygen atoms in total. The molecule has 3 heteroatoms. The molecule has 0 N–H and O–H groups in total. The third-order valence-corrected chi connectivity index (χ3v) is 2.03. The number of ether oxygens (including phenoxy) is 1. The molecule has 1 rings (SSSR count). The molecular formula is C11H23NOY-2. The Balaban J connectivity index is 0. The topological polar surface area (TPSA) is 23.3 Å². The van der Waals surface area contributed by atoms with Crippen LogP contribution >= 0.6 is 0 Å². The van der Waals surface area contributed by atoms with Crippen LogP contribution in [0.1, 0.15) is 27.7 Å². The van der Waals surface area contributed by atoms with Gasteiger partial charge in [-0.2, -0.15) is 13.8 Å². The molecule has 1 saturated heterocycles. The molecular weight excluding hydrogens is 251 g/mol. The van der Waals surface area contributed by atoms with Gasteiger partial charge in [0, 0.05) is 45.9 Å². The van der Waals surface area contributed by atoms with Crippen LogP contribution in [0.3, 0.4) is 0 Å². The molecule has 1 aliphatic heterocycles. The molecule has 0 aromatic rings. The van der Waals surface area contributed by atoms with E-state index in [1.807, 2.05) is 20.3 Å². The summed E-state index contributed by atoms with van der Waals surface area (Å²) >= 11 is 0. The summed E-state index contributed by atoms with van der Waals surface area (Å²) in [6, 6.07) is 0. The summed E-state index contributed by atoms with van der Waals surface area (Å²) in [7, 11) is 0. The van der Waals surface area contributed by atoms with Crippen molar-refractivity contribution in [2.45, 2.75) is 27.7 Å². The summed E-state index contributed by atoms with van der Waals surface area (Å²) in [4.78, 5) is 0. The molecule has 1 aliphatic rings. The Morgan fingerprint density at radius 3 is 2.43 bits per heavy atom. The van der Waals surface area contributed by atoms with E-state index in [1.54, 1.807) is 0 Å². The SMILES string of the molecule is CC(C)[C@@H]1C[N-]CCOC1.C[CH-]C.[Y]. The molecule has 0 spiro atoms. The van der Waals surface area contributed by atoms with Crippen LogP contribution in [0.2, 0.25) is 0 Å². The summed E-state index contributed by atoms with van der Waals surface area (Å²) < 4.78 is 5.37. The van der Waals surface area contributed by atoms with Crippen LogP contribution in [-0.2, 0) is 37.4 Å². The van der Waals surface area contributed by atoms with Gasteiger partial charge < -0.3 is 16.5 Å². The van der Waals surface area contributed by atoms with Crippen molar-refractivity contribution in [1.29, 1.82) is 0 Å². The second-order valence-corrected chi connectivity index (χ2v) is 3.79. The fourth-order valence-electron chi connectivity index (χ4n) is 1.08. The van der Waals surface area contributed by atoms with Gasteiger partial charge in [0.15, 0.2) is 0 Å². The Kier molecular flexibility index (Phi) is 15.0. The average molecular weight is 274 g/mol. The molecule has 83 valence electrons. The Bertz CT molecular complexity index is 101. The first kappa shape index (κ1) is 17.4. The van der Waals surface area contributed by atoms with E-state index in [0.29, 0.717) is 11.8 Å². The van der Waals surface area contributed by atoms with E-state index < -0.39 is 0 Å². The van der Waals surface area contributed by atoms with E-state index in [4.69, 9.17) is 4.74 Å². The molecule has 0 amide bonds. The van der Waals surface area contributed by atoms with E-state index in [9.17, 15) is 0 Å². The van der Waals surface area contributed by atoms with Crippen molar-refractivity contribution in [3.63, 3.8) is 0 Å². The molecule has 1 radical (unpaired) electrons. The van der Waals surface area contributed by atoms with Crippen LogP contribution in [0, 0.1) is 18.3 Å². The zero-order chi connectivity index (χ0) is 10.1. The molecule has 1 fully saturated rings. The van der Waals surface area contributed by atoms with Crippen molar-refractivity contribution in [2.75, 3.05) is 26.3 Å². The van der Waals surface area contributed by atoms with Crippen LogP contribution in [0.5, 0.6) is 0 Å². The summed E-state index contributed by atoms with van der Waals surface area (Å²) in [5.41, 5.74) is 0. The monoisotopic (exact) mass is 274 g/mol. The minimum atomic E-state index is 0. The van der Waals surface area contributed by atoms with E-state index in [0.717, 1.165) is 26.3 Å². The number of hydrogen-bond donors (Lipinski definition) is 0. The Morgan fingerprint density at radius 1 is 1.36 bits per heavy atom. The molecule has 1 atom stereocenters. The first-order chi connectivity index (χ1) is 6.22. The van der Waals surface area contributed by atoms with Crippen molar-refractivity contribution in [3.8, 4) is 0 Å².